The third-order valence-electron chi connectivity index (χ3n) is 4.79. The Balaban J connectivity index is 1.86. The summed E-state index contributed by atoms with van der Waals surface area (Å²) in [6, 6.07) is 0.873. The first-order chi connectivity index (χ1) is 10.1. The maximum absolute atomic E-state index is 11.2. The van der Waals surface area contributed by atoms with E-state index < -0.39 is 0 Å². The molecule has 1 aliphatic rings. The van der Waals surface area contributed by atoms with Crippen molar-refractivity contribution in [3.63, 3.8) is 0 Å². The van der Waals surface area contributed by atoms with Crippen molar-refractivity contribution < 1.29 is 9.90 Å². The second-order valence-corrected chi connectivity index (χ2v) is 6.70. The zero-order valence-electron chi connectivity index (χ0n) is 14.1. The highest BCUT2D eigenvalue weighted by Gasteiger charge is 2.24. The fourth-order valence-corrected chi connectivity index (χ4v) is 3.19. The second-order valence-electron chi connectivity index (χ2n) is 6.70. The predicted molar refractivity (Wildman–Crippen MR) is 88.5 cm³/mol. The summed E-state index contributed by atoms with van der Waals surface area (Å²) < 4.78 is 0. The van der Waals surface area contributed by atoms with Crippen molar-refractivity contribution in [3.05, 3.63) is 0 Å². The van der Waals surface area contributed by atoms with Crippen LogP contribution >= 0.6 is 0 Å². The molecular weight excluding hydrogens is 262 g/mol. The molecule has 0 aromatic heterocycles. The van der Waals surface area contributed by atoms with Gasteiger partial charge in [-0.2, -0.15) is 0 Å². The first-order valence-electron chi connectivity index (χ1n) is 9.09. The number of carbonyl (C=O) groups excluding carboxylic acids is 1. The van der Waals surface area contributed by atoms with Crippen LogP contribution in [0.2, 0.25) is 0 Å². The van der Waals surface area contributed by atoms with Crippen molar-refractivity contribution in [1.82, 2.24) is 5.32 Å². The first kappa shape index (κ1) is 18.6. The average Bonchev–Trinajstić information content (AvgIpc) is 2.48. The Morgan fingerprint density at radius 3 is 2.29 bits per heavy atom. The van der Waals surface area contributed by atoms with Crippen molar-refractivity contribution in [2.45, 2.75) is 109 Å². The molecule has 1 heterocycles. The van der Waals surface area contributed by atoms with Gasteiger partial charge in [0.25, 0.3) is 0 Å². The molecule has 0 aromatic rings. The van der Waals surface area contributed by atoms with Crippen molar-refractivity contribution in [2.24, 2.45) is 0 Å². The van der Waals surface area contributed by atoms with Gasteiger partial charge < -0.3 is 10.4 Å². The van der Waals surface area contributed by atoms with Crippen molar-refractivity contribution in [1.29, 1.82) is 0 Å². The Bertz CT molecular complexity index is 280. The number of hydrogen-bond donors (Lipinski definition) is 2. The SMILES string of the molecule is CCC(=O)CCCCCCCCC[C@@H]1CC[C@H](O)[C@H](C)N1. The molecule has 3 nitrogen and oxygen atoms in total. The topological polar surface area (TPSA) is 49.3 Å². The highest BCUT2D eigenvalue weighted by Crippen LogP contribution is 2.18. The molecular formula is C18H35NO2. The van der Waals surface area contributed by atoms with Crippen LogP contribution in [0.15, 0.2) is 0 Å². The van der Waals surface area contributed by atoms with E-state index in [4.69, 9.17) is 0 Å². The molecule has 0 amide bonds. The second kappa shape index (κ2) is 11.2. The Hall–Kier alpha value is -0.410. The maximum atomic E-state index is 11.2. The number of Topliss-reactive ketones (excluding diaryl/α,β-unsaturated/α-hetero) is 1. The van der Waals surface area contributed by atoms with Gasteiger partial charge in [-0.25, -0.2) is 0 Å². The van der Waals surface area contributed by atoms with E-state index in [0.29, 0.717) is 18.2 Å². The van der Waals surface area contributed by atoms with Gasteiger partial charge in [0.05, 0.1) is 6.10 Å². The normalized spacial score (nSPS) is 26.0. The molecule has 0 aromatic carbocycles. The van der Waals surface area contributed by atoms with Gasteiger partial charge in [0.1, 0.15) is 5.78 Å². The fraction of sp³-hybridized carbons (Fsp3) is 0.944. The van der Waals surface area contributed by atoms with Crippen LogP contribution in [-0.2, 0) is 4.79 Å². The lowest BCUT2D eigenvalue weighted by Crippen LogP contribution is -2.48. The van der Waals surface area contributed by atoms with Crippen LogP contribution < -0.4 is 5.32 Å². The van der Waals surface area contributed by atoms with Gasteiger partial charge in [0.15, 0.2) is 0 Å². The van der Waals surface area contributed by atoms with Crippen LogP contribution in [0.4, 0.5) is 0 Å². The minimum atomic E-state index is -0.152. The molecule has 1 rings (SSSR count). The van der Waals surface area contributed by atoms with E-state index >= 15 is 0 Å². The molecule has 0 spiro atoms. The van der Waals surface area contributed by atoms with E-state index in [1.54, 1.807) is 0 Å². The summed E-state index contributed by atoms with van der Waals surface area (Å²) >= 11 is 0. The van der Waals surface area contributed by atoms with Crippen LogP contribution in [0, 0.1) is 0 Å². The van der Waals surface area contributed by atoms with Gasteiger partial charge in [0.2, 0.25) is 0 Å². The Labute approximate surface area is 130 Å². The molecule has 1 aliphatic heterocycles. The molecule has 0 radical (unpaired) electrons. The molecule has 0 saturated carbocycles. The van der Waals surface area contributed by atoms with Gasteiger partial charge in [-0.05, 0) is 32.6 Å². The zero-order valence-corrected chi connectivity index (χ0v) is 14.1. The third kappa shape index (κ3) is 8.57. The Morgan fingerprint density at radius 2 is 1.67 bits per heavy atom. The quantitative estimate of drug-likeness (QED) is 0.567. The number of hydrogen-bond acceptors (Lipinski definition) is 3. The largest absolute Gasteiger partial charge is 0.392 e. The van der Waals surface area contributed by atoms with E-state index in [2.05, 4.69) is 12.2 Å². The van der Waals surface area contributed by atoms with Crippen LogP contribution in [0.3, 0.4) is 0 Å². The molecule has 1 fully saturated rings. The summed E-state index contributed by atoms with van der Waals surface area (Å²) in [6.45, 7) is 4.03. The minimum Gasteiger partial charge on any atom is -0.392 e. The average molecular weight is 297 g/mol. The number of aliphatic hydroxyl groups is 1. The highest BCUT2D eigenvalue weighted by molar-refractivity contribution is 5.77. The fourth-order valence-electron chi connectivity index (χ4n) is 3.19. The standard InChI is InChI=1S/C18H35NO2/c1-3-17(20)12-10-8-6-4-5-7-9-11-16-13-14-18(21)15(2)19-16/h15-16,18-19,21H,3-14H2,1-2H3/t15-,16+,18-/m0/s1. The summed E-state index contributed by atoms with van der Waals surface area (Å²) in [5.41, 5.74) is 0. The van der Waals surface area contributed by atoms with Gasteiger partial charge in [-0.15, -0.1) is 0 Å². The Kier molecular flexibility index (Phi) is 9.94. The molecule has 124 valence electrons. The molecule has 0 bridgehead atoms. The van der Waals surface area contributed by atoms with E-state index in [0.717, 1.165) is 25.7 Å². The van der Waals surface area contributed by atoms with Gasteiger partial charge >= 0.3 is 0 Å². The van der Waals surface area contributed by atoms with Crippen molar-refractivity contribution in [3.8, 4) is 0 Å². The summed E-state index contributed by atoms with van der Waals surface area (Å²) in [6.07, 6.45) is 13.5. The lowest BCUT2D eigenvalue weighted by Gasteiger charge is -2.32. The van der Waals surface area contributed by atoms with Crippen molar-refractivity contribution >= 4 is 5.78 Å². The number of carbonyl (C=O) groups is 1. The zero-order chi connectivity index (χ0) is 15.5. The van der Waals surface area contributed by atoms with E-state index in [1.807, 2.05) is 6.92 Å². The predicted octanol–water partition coefficient (Wildman–Crippen LogP) is 3.98. The number of ketones is 1. The summed E-state index contributed by atoms with van der Waals surface area (Å²) in [5, 5.41) is 13.2. The summed E-state index contributed by atoms with van der Waals surface area (Å²) in [4.78, 5) is 11.2. The van der Waals surface area contributed by atoms with E-state index in [-0.39, 0.29) is 12.1 Å². The molecule has 3 heteroatoms. The monoisotopic (exact) mass is 297 g/mol. The number of rotatable bonds is 11. The number of piperidine rings is 1. The van der Waals surface area contributed by atoms with Gasteiger partial charge in [-0.3, -0.25) is 4.79 Å². The highest BCUT2D eigenvalue weighted by atomic mass is 16.3. The van der Waals surface area contributed by atoms with Crippen LogP contribution in [0.25, 0.3) is 0 Å². The molecule has 0 unspecified atom stereocenters. The van der Waals surface area contributed by atoms with Crippen LogP contribution in [0.1, 0.15) is 90.9 Å². The molecule has 2 N–H and O–H groups in total. The van der Waals surface area contributed by atoms with Crippen LogP contribution in [0.5, 0.6) is 0 Å². The van der Waals surface area contributed by atoms with Crippen molar-refractivity contribution in [2.75, 3.05) is 0 Å². The lowest BCUT2D eigenvalue weighted by molar-refractivity contribution is -0.118. The molecule has 21 heavy (non-hydrogen) atoms. The number of aliphatic hydroxyl groups excluding tert-OH is 1. The summed E-state index contributed by atoms with van der Waals surface area (Å²) in [5.74, 6) is 0.411. The van der Waals surface area contributed by atoms with Gasteiger partial charge in [0, 0.05) is 24.9 Å². The number of unbranched alkanes of at least 4 members (excludes halogenated alkanes) is 6. The molecule has 0 aliphatic carbocycles. The maximum Gasteiger partial charge on any atom is 0.132 e. The Morgan fingerprint density at radius 1 is 1.05 bits per heavy atom. The third-order valence-corrected chi connectivity index (χ3v) is 4.79. The smallest absolute Gasteiger partial charge is 0.132 e. The van der Waals surface area contributed by atoms with E-state index in [9.17, 15) is 9.90 Å². The van der Waals surface area contributed by atoms with Crippen LogP contribution in [-0.4, -0.2) is 29.1 Å². The molecule has 1 saturated heterocycles. The van der Waals surface area contributed by atoms with Gasteiger partial charge in [-0.1, -0.05) is 45.4 Å². The lowest BCUT2D eigenvalue weighted by atomic mass is 9.93. The first-order valence-corrected chi connectivity index (χ1v) is 9.09. The summed E-state index contributed by atoms with van der Waals surface area (Å²) in [7, 11) is 0. The minimum absolute atomic E-state index is 0.152. The number of nitrogens with one attached hydrogen (secondary N) is 1. The van der Waals surface area contributed by atoms with E-state index in [1.165, 1.54) is 44.9 Å². The molecule has 3 atom stereocenters.